The highest BCUT2D eigenvalue weighted by Gasteiger charge is 2.07. The molecule has 0 aromatic heterocycles. The number of carbonyl (C=O) groups excluding carboxylic acids is 1. The number of halogens is 1. The summed E-state index contributed by atoms with van der Waals surface area (Å²) < 4.78 is 11.4. The van der Waals surface area contributed by atoms with Crippen LogP contribution < -0.4 is 15.8 Å². The van der Waals surface area contributed by atoms with Crippen molar-refractivity contribution >= 4 is 21.8 Å². The number of hydrogen-bond acceptors (Lipinski definition) is 4. The molecular weight excluding hydrogens is 324 g/mol. The Morgan fingerprint density at radius 3 is 2.95 bits per heavy atom. The summed E-state index contributed by atoms with van der Waals surface area (Å²) in [6, 6.07) is 5.68. The van der Waals surface area contributed by atoms with Crippen LogP contribution in [0.15, 0.2) is 22.7 Å². The molecule has 0 saturated heterocycles. The Labute approximate surface area is 127 Å². The second-order valence-electron chi connectivity index (χ2n) is 4.28. The number of benzene rings is 1. The van der Waals surface area contributed by atoms with Gasteiger partial charge in [0.25, 0.3) is 5.91 Å². The molecule has 112 valence electrons. The molecule has 0 aliphatic carbocycles. The third kappa shape index (κ3) is 6.36. The molecule has 1 rings (SSSR count). The Balaban J connectivity index is 2.42. The van der Waals surface area contributed by atoms with Crippen LogP contribution in [0.3, 0.4) is 0 Å². The summed E-state index contributed by atoms with van der Waals surface area (Å²) in [5.41, 5.74) is 6.56. The number of nitrogens with two attached hydrogens (primary N) is 1. The number of rotatable bonds is 9. The summed E-state index contributed by atoms with van der Waals surface area (Å²) in [4.78, 5) is 11.6. The van der Waals surface area contributed by atoms with Gasteiger partial charge in [-0.1, -0.05) is 15.9 Å². The van der Waals surface area contributed by atoms with Crippen LogP contribution in [0.1, 0.15) is 12.0 Å². The Morgan fingerprint density at radius 1 is 1.45 bits per heavy atom. The molecule has 1 aromatic rings. The van der Waals surface area contributed by atoms with Gasteiger partial charge in [-0.3, -0.25) is 4.79 Å². The highest BCUT2D eigenvalue weighted by Crippen LogP contribution is 2.23. The van der Waals surface area contributed by atoms with Gasteiger partial charge >= 0.3 is 0 Å². The van der Waals surface area contributed by atoms with Crippen LogP contribution in [0.5, 0.6) is 5.75 Å². The monoisotopic (exact) mass is 344 g/mol. The molecule has 3 N–H and O–H groups in total. The minimum Gasteiger partial charge on any atom is -0.483 e. The topological polar surface area (TPSA) is 73.6 Å². The average molecular weight is 345 g/mol. The average Bonchev–Trinajstić information content (AvgIpc) is 2.43. The Bertz CT molecular complexity index is 427. The first-order valence-corrected chi connectivity index (χ1v) is 7.33. The summed E-state index contributed by atoms with van der Waals surface area (Å²) in [5.74, 6) is 0.563. The number of hydrogen-bond donors (Lipinski definition) is 2. The molecule has 0 unspecified atom stereocenters. The molecule has 5 nitrogen and oxygen atoms in total. The van der Waals surface area contributed by atoms with Gasteiger partial charge in [0, 0.05) is 24.7 Å². The SMILES string of the molecule is COCCCNC(=O)COc1ccc(Br)cc1CCN. The van der Waals surface area contributed by atoms with Gasteiger partial charge in [0.2, 0.25) is 0 Å². The number of nitrogens with one attached hydrogen (secondary N) is 1. The highest BCUT2D eigenvalue weighted by atomic mass is 79.9. The van der Waals surface area contributed by atoms with Crippen LogP contribution >= 0.6 is 15.9 Å². The van der Waals surface area contributed by atoms with Crippen LogP contribution in [-0.4, -0.2) is 39.3 Å². The lowest BCUT2D eigenvalue weighted by atomic mass is 10.1. The molecule has 0 saturated carbocycles. The summed E-state index contributed by atoms with van der Waals surface area (Å²) in [6.07, 6.45) is 1.50. The van der Waals surface area contributed by atoms with Crippen molar-refractivity contribution in [3.63, 3.8) is 0 Å². The van der Waals surface area contributed by atoms with Gasteiger partial charge in [0.1, 0.15) is 5.75 Å². The van der Waals surface area contributed by atoms with Gasteiger partial charge in [0.15, 0.2) is 6.61 Å². The number of amides is 1. The zero-order chi connectivity index (χ0) is 14.8. The molecule has 0 spiro atoms. The Kier molecular flexibility index (Phi) is 8.25. The molecule has 0 aliphatic rings. The van der Waals surface area contributed by atoms with Crippen LogP contribution in [0.25, 0.3) is 0 Å². The maximum absolute atomic E-state index is 11.6. The van der Waals surface area contributed by atoms with Gasteiger partial charge in [-0.15, -0.1) is 0 Å². The van der Waals surface area contributed by atoms with Crippen molar-refractivity contribution in [2.24, 2.45) is 5.73 Å². The molecule has 0 bridgehead atoms. The molecule has 0 aliphatic heterocycles. The largest absolute Gasteiger partial charge is 0.483 e. The summed E-state index contributed by atoms with van der Waals surface area (Å²) in [7, 11) is 1.64. The zero-order valence-corrected chi connectivity index (χ0v) is 13.2. The first kappa shape index (κ1) is 16.9. The Morgan fingerprint density at radius 2 is 2.25 bits per heavy atom. The van der Waals surface area contributed by atoms with Crippen LogP contribution in [0, 0.1) is 0 Å². The quantitative estimate of drug-likeness (QED) is 0.665. The van der Waals surface area contributed by atoms with Crippen molar-refractivity contribution in [2.75, 3.05) is 33.4 Å². The summed E-state index contributed by atoms with van der Waals surface area (Å²) >= 11 is 3.41. The molecule has 0 radical (unpaired) electrons. The van der Waals surface area contributed by atoms with Crippen LogP contribution in [0.4, 0.5) is 0 Å². The van der Waals surface area contributed by atoms with Gasteiger partial charge in [0.05, 0.1) is 0 Å². The van der Waals surface area contributed by atoms with Crippen molar-refractivity contribution in [1.29, 1.82) is 0 Å². The molecule has 1 amide bonds. The van der Waals surface area contributed by atoms with Gasteiger partial charge in [-0.05, 0) is 43.1 Å². The van der Waals surface area contributed by atoms with E-state index in [0.29, 0.717) is 31.9 Å². The zero-order valence-electron chi connectivity index (χ0n) is 11.7. The van der Waals surface area contributed by atoms with E-state index in [1.807, 2.05) is 18.2 Å². The first-order chi connectivity index (χ1) is 9.67. The van der Waals surface area contributed by atoms with E-state index in [0.717, 1.165) is 16.5 Å². The minimum atomic E-state index is -0.136. The molecule has 1 aromatic carbocycles. The van der Waals surface area contributed by atoms with Crippen molar-refractivity contribution in [2.45, 2.75) is 12.8 Å². The van der Waals surface area contributed by atoms with Crippen molar-refractivity contribution < 1.29 is 14.3 Å². The van der Waals surface area contributed by atoms with E-state index in [4.69, 9.17) is 15.2 Å². The van der Waals surface area contributed by atoms with Gasteiger partial charge in [-0.25, -0.2) is 0 Å². The second-order valence-corrected chi connectivity index (χ2v) is 5.19. The predicted octanol–water partition coefficient (Wildman–Crippen LogP) is 1.48. The van der Waals surface area contributed by atoms with E-state index in [2.05, 4.69) is 21.2 Å². The Hall–Kier alpha value is -1.11. The fourth-order valence-electron chi connectivity index (χ4n) is 1.68. The summed E-state index contributed by atoms with van der Waals surface area (Å²) in [5, 5.41) is 2.77. The van der Waals surface area contributed by atoms with Crippen molar-refractivity contribution in [3.05, 3.63) is 28.2 Å². The third-order valence-corrected chi connectivity index (χ3v) is 3.14. The lowest BCUT2D eigenvalue weighted by molar-refractivity contribution is -0.123. The highest BCUT2D eigenvalue weighted by molar-refractivity contribution is 9.10. The van der Waals surface area contributed by atoms with Crippen molar-refractivity contribution in [3.8, 4) is 5.75 Å². The fourth-order valence-corrected chi connectivity index (χ4v) is 2.09. The molecular formula is C14H21BrN2O3. The maximum atomic E-state index is 11.6. The first-order valence-electron chi connectivity index (χ1n) is 6.54. The van der Waals surface area contributed by atoms with E-state index >= 15 is 0 Å². The van der Waals surface area contributed by atoms with E-state index in [-0.39, 0.29) is 12.5 Å². The molecule has 0 fully saturated rings. The lowest BCUT2D eigenvalue weighted by Gasteiger charge is -2.11. The van der Waals surface area contributed by atoms with Gasteiger partial charge < -0.3 is 20.5 Å². The number of ether oxygens (including phenoxy) is 2. The fraction of sp³-hybridized carbons (Fsp3) is 0.500. The van der Waals surface area contributed by atoms with Gasteiger partial charge in [-0.2, -0.15) is 0 Å². The molecule has 20 heavy (non-hydrogen) atoms. The van der Waals surface area contributed by atoms with E-state index in [9.17, 15) is 4.79 Å². The standard InChI is InChI=1S/C14H21BrN2O3/c1-19-8-2-7-17-14(18)10-20-13-4-3-12(15)9-11(13)5-6-16/h3-4,9H,2,5-8,10,16H2,1H3,(H,17,18). The van der Waals surface area contributed by atoms with Crippen LogP contribution in [0.2, 0.25) is 0 Å². The second kappa shape index (κ2) is 9.74. The molecule has 0 atom stereocenters. The van der Waals surface area contributed by atoms with E-state index < -0.39 is 0 Å². The van der Waals surface area contributed by atoms with E-state index in [1.54, 1.807) is 7.11 Å². The van der Waals surface area contributed by atoms with Crippen molar-refractivity contribution in [1.82, 2.24) is 5.32 Å². The number of carbonyl (C=O) groups is 1. The predicted molar refractivity (Wildman–Crippen MR) is 81.9 cm³/mol. The third-order valence-electron chi connectivity index (χ3n) is 2.64. The smallest absolute Gasteiger partial charge is 0.257 e. The number of methoxy groups -OCH3 is 1. The normalized spacial score (nSPS) is 10.3. The van der Waals surface area contributed by atoms with E-state index in [1.165, 1.54) is 0 Å². The van der Waals surface area contributed by atoms with Crippen LogP contribution in [-0.2, 0) is 16.0 Å². The lowest BCUT2D eigenvalue weighted by Crippen LogP contribution is -2.30. The minimum absolute atomic E-state index is 0.00614. The molecule has 0 heterocycles. The summed E-state index contributed by atoms with van der Waals surface area (Å²) in [6.45, 7) is 1.77. The molecule has 6 heteroatoms. The maximum Gasteiger partial charge on any atom is 0.257 e.